The number of benzene rings is 2. The molecule has 4 rings (SSSR count). The van der Waals surface area contributed by atoms with Gasteiger partial charge in [-0.15, -0.1) is 11.3 Å². The monoisotopic (exact) mass is 490 g/mol. The first-order chi connectivity index (χ1) is 17.1. The normalized spacial score (nSPS) is 15.5. The van der Waals surface area contributed by atoms with Gasteiger partial charge in [-0.25, -0.2) is 0 Å². The fourth-order valence-corrected chi connectivity index (χ4v) is 5.04. The number of nitrogens with zero attached hydrogens (tertiary/aromatic N) is 2. The van der Waals surface area contributed by atoms with Crippen molar-refractivity contribution in [3.63, 3.8) is 0 Å². The van der Waals surface area contributed by atoms with Crippen LogP contribution in [0.5, 0.6) is 0 Å². The van der Waals surface area contributed by atoms with Gasteiger partial charge in [0, 0.05) is 55.3 Å². The third kappa shape index (κ3) is 7.75. The van der Waals surface area contributed by atoms with Crippen LogP contribution in [0, 0.1) is 0 Å². The fraction of sp³-hybridized carbons (Fsp3) is 0.357. The van der Waals surface area contributed by atoms with E-state index >= 15 is 0 Å². The number of hydrogen-bond acceptors (Lipinski definition) is 5. The van der Waals surface area contributed by atoms with E-state index in [2.05, 4.69) is 51.1 Å². The maximum absolute atomic E-state index is 13.2. The fourth-order valence-electron chi connectivity index (χ4n) is 4.29. The molecule has 1 fully saturated rings. The number of thiophene rings is 1. The summed E-state index contributed by atoms with van der Waals surface area (Å²) in [5.41, 5.74) is 2.28. The largest absolute Gasteiger partial charge is 0.344 e. The van der Waals surface area contributed by atoms with Gasteiger partial charge < -0.3 is 15.5 Å². The highest BCUT2D eigenvalue weighted by molar-refractivity contribution is 7.09. The number of amides is 2. The molecule has 0 radical (unpaired) electrons. The van der Waals surface area contributed by atoms with E-state index in [1.54, 1.807) is 23.5 Å². The number of piperazine rings is 1. The molecule has 2 N–H and O–H groups in total. The molecule has 2 aromatic carbocycles. The predicted octanol–water partition coefficient (Wildman–Crippen LogP) is 4.43. The van der Waals surface area contributed by atoms with Gasteiger partial charge in [0.05, 0.1) is 6.04 Å². The second-order valence-corrected chi connectivity index (χ2v) is 10.1. The Hall–Kier alpha value is -3.00. The Kier molecular flexibility index (Phi) is 9.06. The van der Waals surface area contributed by atoms with Crippen LogP contribution < -0.4 is 10.6 Å². The summed E-state index contributed by atoms with van der Waals surface area (Å²) in [6.07, 6.45) is 2.16. The lowest BCUT2D eigenvalue weighted by atomic mass is 10.0. The van der Waals surface area contributed by atoms with Gasteiger partial charge in [0.2, 0.25) is 5.91 Å². The molecule has 7 heteroatoms. The van der Waals surface area contributed by atoms with Gasteiger partial charge in [0.15, 0.2) is 0 Å². The molecule has 1 aliphatic heterocycles. The molecule has 0 aliphatic carbocycles. The molecule has 1 atom stereocenters. The average Bonchev–Trinajstić information content (AvgIpc) is 3.39. The summed E-state index contributed by atoms with van der Waals surface area (Å²) in [4.78, 5) is 31.7. The van der Waals surface area contributed by atoms with Crippen LogP contribution in [-0.4, -0.2) is 61.4 Å². The van der Waals surface area contributed by atoms with E-state index in [1.807, 2.05) is 36.4 Å². The number of anilines is 1. The summed E-state index contributed by atoms with van der Waals surface area (Å²) in [6, 6.07) is 21.3. The second kappa shape index (κ2) is 12.6. The molecule has 0 bridgehead atoms. The van der Waals surface area contributed by atoms with Crippen LogP contribution in [0.25, 0.3) is 0 Å². The smallest absolute Gasteiger partial charge is 0.251 e. The Labute approximate surface area is 212 Å². The number of carbonyl (C=O) groups excluding carboxylic acids is 2. The summed E-state index contributed by atoms with van der Waals surface area (Å²) in [5, 5.41) is 8.23. The summed E-state index contributed by atoms with van der Waals surface area (Å²) in [6.45, 7) is 4.81. The lowest BCUT2D eigenvalue weighted by Crippen LogP contribution is -2.47. The Balaban J connectivity index is 1.36. The minimum atomic E-state index is -0.137. The van der Waals surface area contributed by atoms with Crippen LogP contribution in [0.15, 0.2) is 72.1 Å². The van der Waals surface area contributed by atoms with Crippen molar-refractivity contribution in [2.24, 2.45) is 0 Å². The number of aryl methyl sites for hydroxylation is 1. The van der Waals surface area contributed by atoms with Gasteiger partial charge in [-0.3, -0.25) is 14.5 Å². The lowest BCUT2D eigenvalue weighted by molar-refractivity contribution is -0.116. The third-order valence-electron chi connectivity index (χ3n) is 6.36. The molecule has 1 aromatic heterocycles. The zero-order chi connectivity index (χ0) is 24.5. The molecule has 3 aromatic rings. The molecule has 35 heavy (non-hydrogen) atoms. The first-order valence-electron chi connectivity index (χ1n) is 12.3. The van der Waals surface area contributed by atoms with Crippen LogP contribution in [0.3, 0.4) is 0 Å². The van der Waals surface area contributed by atoms with E-state index in [0.29, 0.717) is 17.7 Å². The zero-order valence-corrected chi connectivity index (χ0v) is 21.1. The molecule has 1 saturated heterocycles. The van der Waals surface area contributed by atoms with E-state index in [1.165, 1.54) is 4.88 Å². The Morgan fingerprint density at radius 3 is 2.51 bits per heavy atom. The molecule has 184 valence electrons. The SMILES string of the molecule is CN1CCN(CC(NC(=O)c2cccc(NC(=O)CCCc3cccs3)c2)c2ccccc2)CC1. The van der Waals surface area contributed by atoms with Crippen molar-refractivity contribution < 1.29 is 9.59 Å². The summed E-state index contributed by atoms with van der Waals surface area (Å²) < 4.78 is 0. The van der Waals surface area contributed by atoms with Crippen molar-refractivity contribution in [2.75, 3.05) is 45.1 Å². The van der Waals surface area contributed by atoms with Crippen molar-refractivity contribution >= 4 is 28.8 Å². The first-order valence-corrected chi connectivity index (χ1v) is 13.1. The maximum Gasteiger partial charge on any atom is 0.251 e. The third-order valence-corrected chi connectivity index (χ3v) is 7.30. The molecule has 2 heterocycles. The van der Waals surface area contributed by atoms with Crippen LogP contribution in [-0.2, 0) is 11.2 Å². The molecule has 1 unspecified atom stereocenters. The molecular formula is C28H34N4O2S. The average molecular weight is 491 g/mol. The van der Waals surface area contributed by atoms with Crippen molar-refractivity contribution in [1.82, 2.24) is 15.1 Å². The quantitative estimate of drug-likeness (QED) is 0.441. The topological polar surface area (TPSA) is 64.7 Å². The highest BCUT2D eigenvalue weighted by Crippen LogP contribution is 2.18. The maximum atomic E-state index is 13.2. The van der Waals surface area contributed by atoms with Crippen molar-refractivity contribution in [1.29, 1.82) is 0 Å². The molecular weight excluding hydrogens is 456 g/mol. The van der Waals surface area contributed by atoms with E-state index in [-0.39, 0.29) is 17.9 Å². The van der Waals surface area contributed by atoms with Crippen LogP contribution in [0.4, 0.5) is 5.69 Å². The van der Waals surface area contributed by atoms with Crippen molar-refractivity contribution in [3.05, 3.63) is 88.1 Å². The van der Waals surface area contributed by atoms with Gasteiger partial charge in [-0.2, -0.15) is 0 Å². The minimum Gasteiger partial charge on any atom is -0.344 e. The molecule has 1 aliphatic rings. The number of likely N-dealkylation sites (N-methyl/N-ethyl adjacent to an activating group) is 1. The number of hydrogen-bond donors (Lipinski definition) is 2. The Morgan fingerprint density at radius 2 is 1.77 bits per heavy atom. The van der Waals surface area contributed by atoms with Gasteiger partial charge in [0.25, 0.3) is 5.91 Å². The van der Waals surface area contributed by atoms with Gasteiger partial charge in [-0.05, 0) is 55.1 Å². The highest BCUT2D eigenvalue weighted by Gasteiger charge is 2.22. The van der Waals surface area contributed by atoms with E-state index in [4.69, 9.17) is 0 Å². The summed E-state index contributed by atoms with van der Waals surface area (Å²) >= 11 is 1.72. The Bertz CT molecular complexity index is 1080. The standard InChI is InChI=1S/C28H34N4O2S/c1-31-15-17-32(18-16-31)21-26(22-8-3-2-4-9-22)30-28(34)23-10-5-11-24(20-23)29-27(33)14-6-12-25-13-7-19-35-25/h2-5,7-11,13,19-20,26H,6,12,14-18,21H2,1H3,(H,29,33)(H,30,34). The minimum absolute atomic E-state index is 0.0312. The summed E-state index contributed by atoms with van der Waals surface area (Å²) in [5.74, 6) is -0.168. The molecule has 2 amide bonds. The van der Waals surface area contributed by atoms with Crippen molar-refractivity contribution in [2.45, 2.75) is 25.3 Å². The van der Waals surface area contributed by atoms with Crippen molar-refractivity contribution in [3.8, 4) is 0 Å². The van der Waals surface area contributed by atoms with E-state index < -0.39 is 0 Å². The highest BCUT2D eigenvalue weighted by atomic mass is 32.1. The van der Waals surface area contributed by atoms with E-state index in [0.717, 1.165) is 51.1 Å². The Morgan fingerprint density at radius 1 is 0.971 bits per heavy atom. The van der Waals surface area contributed by atoms with Crippen LogP contribution >= 0.6 is 11.3 Å². The molecule has 6 nitrogen and oxygen atoms in total. The van der Waals surface area contributed by atoms with Crippen LogP contribution in [0.2, 0.25) is 0 Å². The lowest BCUT2D eigenvalue weighted by Gasteiger charge is -2.35. The van der Waals surface area contributed by atoms with Gasteiger partial charge in [-0.1, -0.05) is 42.5 Å². The zero-order valence-electron chi connectivity index (χ0n) is 20.3. The number of carbonyl (C=O) groups is 2. The predicted molar refractivity (Wildman–Crippen MR) is 143 cm³/mol. The number of rotatable bonds is 10. The van der Waals surface area contributed by atoms with Gasteiger partial charge in [0.1, 0.15) is 0 Å². The molecule has 0 spiro atoms. The van der Waals surface area contributed by atoms with Gasteiger partial charge >= 0.3 is 0 Å². The van der Waals surface area contributed by atoms with Crippen LogP contribution in [0.1, 0.15) is 39.7 Å². The van der Waals surface area contributed by atoms with E-state index in [9.17, 15) is 9.59 Å². The summed E-state index contributed by atoms with van der Waals surface area (Å²) in [7, 11) is 2.14. The first kappa shape index (κ1) is 25.1. The number of nitrogens with one attached hydrogen (secondary N) is 2. The molecule has 0 saturated carbocycles. The second-order valence-electron chi connectivity index (χ2n) is 9.10.